The molecule has 0 unspecified atom stereocenters. The highest BCUT2D eigenvalue weighted by Gasteiger charge is 2.19. The van der Waals surface area contributed by atoms with Gasteiger partial charge in [-0.25, -0.2) is 18.6 Å². The molecule has 0 aliphatic carbocycles. The lowest BCUT2D eigenvalue weighted by molar-refractivity contribution is -2.00. The predicted molar refractivity (Wildman–Crippen MR) is 82.2 cm³/mol. The van der Waals surface area contributed by atoms with Gasteiger partial charge in [0, 0.05) is 12.2 Å². The molecule has 1 aliphatic heterocycles. The third-order valence-corrected chi connectivity index (χ3v) is 3.15. The van der Waals surface area contributed by atoms with Crippen molar-refractivity contribution in [2.45, 2.75) is 0 Å². The first-order valence-corrected chi connectivity index (χ1v) is 8.32. The highest BCUT2D eigenvalue weighted by atomic mass is 35.7. The highest BCUT2D eigenvalue weighted by molar-refractivity contribution is 5.84. The fraction of sp³-hybridized carbons (Fsp3) is 0. The van der Waals surface area contributed by atoms with E-state index >= 15 is 0 Å². The van der Waals surface area contributed by atoms with Crippen molar-refractivity contribution < 1.29 is 38.7 Å². The summed E-state index contributed by atoms with van der Waals surface area (Å²) in [6.07, 6.45) is 4.96. The third kappa shape index (κ3) is 6.42. The number of aliphatic hydroxyl groups is 3. The Balaban J connectivity index is 0.000000399. The molecule has 2 aromatic rings. The van der Waals surface area contributed by atoms with Gasteiger partial charge in [0.2, 0.25) is 0 Å². The summed E-state index contributed by atoms with van der Waals surface area (Å²) >= 11 is 0. The van der Waals surface area contributed by atoms with Gasteiger partial charge < -0.3 is 9.84 Å². The van der Waals surface area contributed by atoms with E-state index in [1.807, 2.05) is 72.8 Å². The third-order valence-electron chi connectivity index (χ3n) is 3.15. The normalized spacial score (nSPS) is 15.4. The summed E-state index contributed by atoms with van der Waals surface area (Å²) in [5, 5.41) is 9.29. The van der Waals surface area contributed by atoms with E-state index in [0.29, 0.717) is 5.76 Å². The number of rotatable bonds is 2. The molecule has 0 atom stereocenters. The lowest BCUT2D eigenvalue weighted by atomic mass is 10.0. The molecule has 0 radical (unpaired) electrons. The molecule has 1 heterocycles. The van der Waals surface area contributed by atoms with E-state index in [1.54, 1.807) is 0 Å². The zero-order valence-electron chi connectivity index (χ0n) is 12.9. The topological polar surface area (TPSA) is 125 Å². The first-order chi connectivity index (χ1) is 11.9. The van der Waals surface area contributed by atoms with Crippen LogP contribution in [0.25, 0.3) is 11.3 Å². The van der Waals surface area contributed by atoms with Crippen LogP contribution in [-0.4, -0.2) is 9.84 Å². The van der Waals surface area contributed by atoms with Gasteiger partial charge in [-0.1, -0.05) is 48.5 Å². The average Bonchev–Trinajstić information content (AvgIpc) is 2.61. The van der Waals surface area contributed by atoms with E-state index in [2.05, 4.69) is 4.74 Å². The van der Waals surface area contributed by atoms with Crippen LogP contribution >= 0.6 is 0 Å². The van der Waals surface area contributed by atoms with Crippen molar-refractivity contribution in [1.82, 2.24) is 0 Å². The molecule has 0 fully saturated rings. The molecule has 0 amide bonds. The Hall–Kier alpha value is -2.61. The molecule has 2 aromatic carbocycles. The number of hydrogen-bond donors (Lipinski definition) is 1. The van der Waals surface area contributed by atoms with Crippen LogP contribution in [0.4, 0.5) is 0 Å². The summed E-state index contributed by atoms with van der Waals surface area (Å²) in [7, 11) is -4.94. The van der Waals surface area contributed by atoms with Gasteiger partial charge in [0.05, 0.1) is 5.56 Å². The quantitative estimate of drug-likeness (QED) is 0.588. The minimum absolute atomic E-state index is 0.560. The second kappa shape index (κ2) is 8.48. The number of halogens is 1. The van der Waals surface area contributed by atoms with Crippen molar-refractivity contribution in [3.63, 3.8) is 0 Å². The first kappa shape index (κ1) is 18.7. The highest BCUT2D eigenvalue weighted by Crippen LogP contribution is 2.29. The van der Waals surface area contributed by atoms with Crippen LogP contribution in [0.5, 0.6) is 0 Å². The van der Waals surface area contributed by atoms with E-state index in [4.69, 9.17) is 18.6 Å². The number of ether oxygens (including phenoxy) is 1. The zero-order valence-corrected chi connectivity index (χ0v) is 13.7. The Morgan fingerprint density at radius 1 is 0.760 bits per heavy atom. The molecule has 0 saturated heterocycles. The van der Waals surface area contributed by atoms with Gasteiger partial charge in [-0.2, -0.15) is 0 Å². The second-order valence-electron chi connectivity index (χ2n) is 4.91. The lowest BCUT2D eigenvalue weighted by Gasteiger charge is -2.17. The SMILES string of the molecule is OC=C1C=C(c2ccccc2)C=C(c2ccccc2)[OH+]1.[O-][Cl+3]([O-])([O-])[O-]. The maximum atomic E-state index is 9.29. The van der Waals surface area contributed by atoms with Crippen LogP contribution in [-0.2, 0) is 0 Å². The van der Waals surface area contributed by atoms with Gasteiger partial charge in [-0.15, -0.1) is 10.2 Å². The fourth-order valence-electron chi connectivity index (χ4n) is 2.17. The van der Waals surface area contributed by atoms with Crippen molar-refractivity contribution in [3.05, 3.63) is 96.0 Å². The van der Waals surface area contributed by atoms with Crippen molar-refractivity contribution in [2.24, 2.45) is 0 Å². The Labute approximate surface area is 146 Å². The smallest absolute Gasteiger partial charge is 0.296 e. The van der Waals surface area contributed by atoms with Gasteiger partial charge in [0.1, 0.15) is 0 Å². The van der Waals surface area contributed by atoms with Crippen LogP contribution in [0.15, 0.2) is 84.8 Å². The van der Waals surface area contributed by atoms with Gasteiger partial charge in [-0.05, 0) is 23.3 Å². The molecule has 0 bridgehead atoms. The Kier molecular flexibility index (Phi) is 6.35. The summed E-state index contributed by atoms with van der Waals surface area (Å²) < 4.78 is 38.4. The van der Waals surface area contributed by atoms with Gasteiger partial charge in [0.25, 0.3) is 11.5 Å². The van der Waals surface area contributed by atoms with Crippen LogP contribution in [0.3, 0.4) is 0 Å². The van der Waals surface area contributed by atoms with Gasteiger partial charge in [-0.3, -0.25) is 0 Å². The Morgan fingerprint density at radius 2 is 1.24 bits per heavy atom. The average molecular weight is 363 g/mol. The molecule has 0 aromatic heterocycles. The van der Waals surface area contributed by atoms with Gasteiger partial charge in [0.15, 0.2) is 6.26 Å². The van der Waals surface area contributed by atoms with E-state index in [-0.39, 0.29) is 0 Å². The standard InChI is InChI=1S/C18H14O2.ClHO4/c19-13-17-11-16(14-7-3-1-4-8-14)12-18(20-17)15-9-5-2-6-10-15;2-1(3,4)5/h1-13,19H;(H,2,3,4,5). The maximum absolute atomic E-state index is 9.29. The van der Waals surface area contributed by atoms with Crippen molar-refractivity contribution in [1.29, 1.82) is 0 Å². The summed E-state index contributed by atoms with van der Waals surface area (Å²) in [6, 6.07) is 20.0. The maximum Gasteiger partial charge on any atom is 0.296 e. The largest absolute Gasteiger partial charge is 0.544 e. The molecule has 1 aliphatic rings. The monoisotopic (exact) mass is 362 g/mol. The molecular weight excluding hydrogens is 348 g/mol. The molecule has 0 saturated carbocycles. The molecular formula is C18H15ClO6. The van der Waals surface area contributed by atoms with E-state index < -0.39 is 10.2 Å². The molecule has 2 N–H and O–H groups in total. The predicted octanol–water partition coefficient (Wildman–Crippen LogP) is -0.138. The van der Waals surface area contributed by atoms with E-state index in [0.717, 1.165) is 28.7 Å². The van der Waals surface area contributed by atoms with E-state index in [1.165, 1.54) is 0 Å². The summed E-state index contributed by atoms with van der Waals surface area (Å²) in [5.41, 5.74) is 3.18. The van der Waals surface area contributed by atoms with Crippen molar-refractivity contribution >= 4 is 11.3 Å². The van der Waals surface area contributed by atoms with Gasteiger partial charge >= 0.3 is 0 Å². The second-order valence-corrected chi connectivity index (χ2v) is 5.66. The molecule has 25 heavy (non-hydrogen) atoms. The number of aliphatic hydroxyl groups excluding tert-OH is 1. The molecule has 3 rings (SSSR count). The minimum atomic E-state index is -4.94. The number of benzene rings is 2. The van der Waals surface area contributed by atoms with Crippen molar-refractivity contribution in [2.75, 3.05) is 0 Å². The van der Waals surface area contributed by atoms with Crippen LogP contribution < -0.4 is 18.6 Å². The van der Waals surface area contributed by atoms with E-state index in [9.17, 15) is 5.11 Å². The fourth-order valence-corrected chi connectivity index (χ4v) is 2.17. The zero-order chi connectivity index (χ0) is 18.3. The van der Waals surface area contributed by atoms with Crippen LogP contribution in [0.1, 0.15) is 11.1 Å². The first-order valence-electron chi connectivity index (χ1n) is 7.09. The number of hydrogen-bond acceptors (Lipinski definition) is 5. The molecule has 6 nitrogen and oxygen atoms in total. The minimum Gasteiger partial charge on any atom is -0.544 e. The lowest BCUT2D eigenvalue weighted by Crippen LogP contribution is -2.68. The Morgan fingerprint density at radius 3 is 1.72 bits per heavy atom. The van der Waals surface area contributed by atoms with Crippen LogP contribution in [0, 0.1) is 10.2 Å². The molecule has 0 spiro atoms. The van der Waals surface area contributed by atoms with Crippen LogP contribution in [0.2, 0.25) is 0 Å². The van der Waals surface area contributed by atoms with Crippen molar-refractivity contribution in [3.8, 4) is 0 Å². The number of allylic oxidation sites excluding steroid dienone is 3. The molecule has 7 heteroatoms. The summed E-state index contributed by atoms with van der Waals surface area (Å²) in [6.45, 7) is 0. The Bertz CT molecular complexity index is 770. The molecule has 130 valence electrons. The summed E-state index contributed by atoms with van der Waals surface area (Å²) in [5.74, 6) is 1.41. The summed E-state index contributed by atoms with van der Waals surface area (Å²) in [4.78, 5) is 0.